The van der Waals surface area contributed by atoms with Crippen molar-refractivity contribution < 1.29 is 4.74 Å². The molecule has 0 spiro atoms. The van der Waals surface area contributed by atoms with Gasteiger partial charge in [-0.25, -0.2) is 0 Å². The summed E-state index contributed by atoms with van der Waals surface area (Å²) in [5.41, 5.74) is 5.08. The number of rotatable bonds is 4. The number of hydrogen-bond donors (Lipinski definition) is 0. The van der Waals surface area contributed by atoms with Crippen LogP contribution in [0.5, 0.6) is 5.75 Å². The fourth-order valence-electron chi connectivity index (χ4n) is 3.45. The predicted octanol–water partition coefficient (Wildman–Crippen LogP) is 5.44. The highest BCUT2D eigenvalue weighted by Gasteiger charge is 2.42. The topological polar surface area (TPSA) is 9.23 Å². The summed E-state index contributed by atoms with van der Waals surface area (Å²) in [4.78, 5) is 0. The van der Waals surface area contributed by atoms with Crippen LogP contribution in [-0.2, 0) is 0 Å². The normalized spacial score (nSPS) is 18.8. The third kappa shape index (κ3) is 2.27. The second kappa shape index (κ2) is 5.49. The molecule has 1 atom stereocenters. The van der Waals surface area contributed by atoms with Crippen LogP contribution in [0.25, 0.3) is 5.57 Å². The van der Waals surface area contributed by atoms with Gasteiger partial charge in [0.05, 0.1) is 0 Å². The second-order valence-electron chi connectivity index (χ2n) is 6.39. The quantitative estimate of drug-likeness (QED) is 0.682. The Morgan fingerprint density at radius 1 is 1.14 bits per heavy atom. The fourth-order valence-corrected chi connectivity index (χ4v) is 3.45. The highest BCUT2D eigenvalue weighted by molar-refractivity contribution is 5.79. The monoisotopic (exact) mass is 290 g/mol. The highest BCUT2D eigenvalue weighted by atomic mass is 16.5. The number of allylic oxidation sites excluding steroid dienone is 1. The van der Waals surface area contributed by atoms with Gasteiger partial charge in [0.2, 0.25) is 0 Å². The summed E-state index contributed by atoms with van der Waals surface area (Å²) in [6.45, 7) is 13.1. The molecule has 0 bridgehead atoms. The third-order valence-corrected chi connectivity index (χ3v) is 4.66. The molecular formula is C21H22O. The van der Waals surface area contributed by atoms with Gasteiger partial charge in [0, 0.05) is 11.3 Å². The van der Waals surface area contributed by atoms with Crippen molar-refractivity contribution in [1.82, 2.24) is 0 Å². The van der Waals surface area contributed by atoms with Crippen LogP contribution < -0.4 is 4.74 Å². The molecule has 0 N–H and O–H groups in total. The lowest BCUT2D eigenvalue weighted by molar-refractivity contribution is 0.363. The summed E-state index contributed by atoms with van der Waals surface area (Å²) < 4.78 is 5.68. The fraction of sp³-hybridized carbons (Fsp3) is 0.238. The largest absolute Gasteiger partial charge is 0.490 e. The smallest absolute Gasteiger partial charge is 0.120 e. The molecule has 1 nitrogen and oxygen atoms in total. The number of hydrogen-bond acceptors (Lipinski definition) is 1. The van der Waals surface area contributed by atoms with Crippen LogP contribution in [0, 0.1) is 5.41 Å². The summed E-state index contributed by atoms with van der Waals surface area (Å²) in [5, 5.41) is 0. The first-order chi connectivity index (χ1) is 10.6. The van der Waals surface area contributed by atoms with Crippen molar-refractivity contribution >= 4 is 5.57 Å². The standard InChI is InChI=1S/C21H22O/c1-5-13-22-17-11-12-18-19(14-17)15(2)21(3,4)20(18)16-9-7-6-8-10-16/h5-12,14,20H,1-2,13H2,3-4H3. The molecule has 112 valence electrons. The maximum absolute atomic E-state index is 5.68. The van der Waals surface area contributed by atoms with E-state index in [2.05, 4.69) is 69.5 Å². The molecule has 0 radical (unpaired) electrons. The molecule has 22 heavy (non-hydrogen) atoms. The van der Waals surface area contributed by atoms with E-state index in [9.17, 15) is 0 Å². The molecule has 3 rings (SSSR count). The summed E-state index contributed by atoms with van der Waals surface area (Å²) >= 11 is 0. The average molecular weight is 290 g/mol. The molecule has 2 aromatic rings. The van der Waals surface area contributed by atoms with Crippen molar-refractivity contribution in [2.75, 3.05) is 6.61 Å². The summed E-state index contributed by atoms with van der Waals surface area (Å²) in [5.74, 6) is 1.22. The Morgan fingerprint density at radius 2 is 1.86 bits per heavy atom. The maximum atomic E-state index is 5.68. The molecule has 1 aliphatic carbocycles. The van der Waals surface area contributed by atoms with E-state index in [0.717, 1.165) is 5.75 Å². The molecule has 0 aliphatic heterocycles. The number of ether oxygens (including phenoxy) is 1. The van der Waals surface area contributed by atoms with Crippen molar-refractivity contribution in [2.45, 2.75) is 19.8 Å². The van der Waals surface area contributed by atoms with Crippen molar-refractivity contribution in [3.05, 3.63) is 84.5 Å². The minimum Gasteiger partial charge on any atom is -0.490 e. The van der Waals surface area contributed by atoms with Gasteiger partial charge in [-0.15, -0.1) is 0 Å². The zero-order chi connectivity index (χ0) is 15.7. The van der Waals surface area contributed by atoms with E-state index in [1.165, 1.54) is 22.3 Å². The molecule has 0 saturated heterocycles. The van der Waals surface area contributed by atoms with Crippen LogP contribution in [0.1, 0.15) is 36.5 Å². The first-order valence-electron chi connectivity index (χ1n) is 7.68. The summed E-state index contributed by atoms with van der Waals surface area (Å²) in [6.07, 6.45) is 1.76. The Hall–Kier alpha value is -2.28. The van der Waals surface area contributed by atoms with Crippen LogP contribution in [0.4, 0.5) is 0 Å². The third-order valence-electron chi connectivity index (χ3n) is 4.66. The van der Waals surface area contributed by atoms with E-state index >= 15 is 0 Å². The van der Waals surface area contributed by atoms with Crippen LogP contribution in [-0.4, -0.2) is 6.61 Å². The zero-order valence-corrected chi connectivity index (χ0v) is 13.3. The zero-order valence-electron chi connectivity index (χ0n) is 13.3. The van der Waals surface area contributed by atoms with Gasteiger partial charge < -0.3 is 4.74 Å². The molecule has 2 aromatic carbocycles. The van der Waals surface area contributed by atoms with Crippen molar-refractivity contribution in [2.24, 2.45) is 5.41 Å². The van der Waals surface area contributed by atoms with E-state index in [1.54, 1.807) is 6.08 Å². The van der Waals surface area contributed by atoms with E-state index in [4.69, 9.17) is 4.74 Å². The first-order valence-corrected chi connectivity index (χ1v) is 7.68. The predicted molar refractivity (Wildman–Crippen MR) is 93.2 cm³/mol. The molecule has 0 fully saturated rings. The molecule has 1 unspecified atom stereocenters. The van der Waals surface area contributed by atoms with Crippen molar-refractivity contribution in [3.63, 3.8) is 0 Å². The Morgan fingerprint density at radius 3 is 2.55 bits per heavy atom. The van der Waals surface area contributed by atoms with Crippen LogP contribution in [0.3, 0.4) is 0 Å². The lowest BCUT2D eigenvalue weighted by Crippen LogP contribution is -2.17. The Labute approximate surface area is 133 Å². The van der Waals surface area contributed by atoms with Gasteiger partial charge in [-0.1, -0.05) is 69.5 Å². The summed E-state index contributed by atoms with van der Waals surface area (Å²) in [7, 11) is 0. The van der Waals surface area contributed by atoms with Gasteiger partial charge >= 0.3 is 0 Å². The molecular weight excluding hydrogens is 268 g/mol. The first kappa shape index (κ1) is 14.6. The van der Waals surface area contributed by atoms with Crippen LogP contribution in [0.15, 0.2) is 67.8 Å². The van der Waals surface area contributed by atoms with Gasteiger partial charge in [0.25, 0.3) is 0 Å². The van der Waals surface area contributed by atoms with Gasteiger partial charge in [0.15, 0.2) is 0 Å². The van der Waals surface area contributed by atoms with Gasteiger partial charge in [-0.3, -0.25) is 0 Å². The van der Waals surface area contributed by atoms with Gasteiger partial charge in [-0.2, -0.15) is 0 Å². The van der Waals surface area contributed by atoms with Crippen molar-refractivity contribution in [3.8, 4) is 5.75 Å². The lowest BCUT2D eigenvalue weighted by Gasteiger charge is -2.29. The van der Waals surface area contributed by atoms with Crippen LogP contribution >= 0.6 is 0 Å². The SMILES string of the molecule is C=CCOc1ccc2c(c1)C(=C)C(C)(C)C2c1ccccc1. The second-order valence-corrected chi connectivity index (χ2v) is 6.39. The Balaban J connectivity index is 2.08. The Bertz CT molecular complexity index is 710. The minimum absolute atomic E-state index is 0.000741. The van der Waals surface area contributed by atoms with Crippen LogP contribution in [0.2, 0.25) is 0 Å². The molecule has 0 amide bonds. The molecule has 0 heterocycles. The summed E-state index contributed by atoms with van der Waals surface area (Å²) in [6, 6.07) is 17.0. The molecule has 0 aromatic heterocycles. The Kier molecular flexibility index (Phi) is 3.66. The highest BCUT2D eigenvalue weighted by Crippen LogP contribution is 2.56. The minimum atomic E-state index is 0.000741. The maximum Gasteiger partial charge on any atom is 0.120 e. The van der Waals surface area contributed by atoms with Gasteiger partial charge in [-0.05, 0) is 34.4 Å². The van der Waals surface area contributed by atoms with Gasteiger partial charge in [0.1, 0.15) is 12.4 Å². The van der Waals surface area contributed by atoms with E-state index < -0.39 is 0 Å². The average Bonchev–Trinajstić information content (AvgIpc) is 2.73. The van der Waals surface area contributed by atoms with Crippen molar-refractivity contribution in [1.29, 1.82) is 0 Å². The number of fused-ring (bicyclic) bond motifs is 1. The number of benzene rings is 2. The molecule has 0 saturated carbocycles. The lowest BCUT2D eigenvalue weighted by atomic mass is 9.74. The molecule has 1 aliphatic rings. The van der Waals surface area contributed by atoms with E-state index in [0.29, 0.717) is 12.5 Å². The van der Waals surface area contributed by atoms with E-state index in [-0.39, 0.29) is 5.41 Å². The molecule has 1 heteroatoms. The van der Waals surface area contributed by atoms with E-state index in [1.807, 2.05) is 6.07 Å².